The number of amides is 1. The van der Waals surface area contributed by atoms with Crippen LogP contribution in [0.15, 0.2) is 60.7 Å². The van der Waals surface area contributed by atoms with E-state index in [4.69, 9.17) is 91.0 Å². The molecule has 1 amide bonds. The number of aliphatic carboxylic acids is 1. The number of ether oxygens (including phenoxy) is 18. The normalized spacial score (nSPS) is 35.8. The molecular weight excluding hydrogens is 1740 g/mol. The van der Waals surface area contributed by atoms with Crippen LogP contribution in [0.5, 0.6) is 0 Å². The molecule has 0 aromatic heterocycles. The second-order valence-electron chi connectivity index (χ2n) is 34.1. The monoisotopic (exact) mass is 1870 g/mol. The van der Waals surface area contributed by atoms with Crippen molar-refractivity contribution in [2.24, 2.45) is 29.4 Å². The standard InChI is InChI=1S/C56H83B4NO18P2.C27H49NO20/c1-12-33(3)43-49(80-59-57-66)36(6)45(72-37(7)62)51(75-43)77-47-48(73-38(8)63)52(76-44(34(4)13-2)50(47)81-60-58-67)74-42-35(5)29-56(53(64)68-11,79-46(42)41-32-71-55(9,10)78-41)70-28-22-16-21-27-61(30-39-23-17-14-18-24-39)54(65)69-31-40-25-19-15-20-26-40;28-4-2-1-3-5-43-27(26(41)42)6-10(32)21(22(48-27)13(35)9-31)46-25-18(40)23(17(39)20(45-25)12(34)8-30)47-24-16(38)14(36)15(37)19(44-24)11(33)7-29/h14-15,17-20,23-26,33-36,41-52,80-81H,12-13,16,21-22,27-32H2,1-11H3;10-25,29-40H,1-9,28H2,(H,41,42)/t33-,34-,35?,36?,41+,42+,43?,44?,45?,46?,47?,48+,49-,50+,51+,52-,56+;10?,11-,12-,13+,14?,15-,16?,17+,18+,19?,20?,21+,22?,23?,24+,25+,27+/m00/s1. The molecule has 7 aliphatic rings. The van der Waals surface area contributed by atoms with Crippen LogP contribution in [-0.2, 0) is 127 Å². The van der Waals surface area contributed by atoms with Gasteiger partial charge in [-0.25, -0.2) is 14.4 Å². The summed E-state index contributed by atoms with van der Waals surface area (Å²) in [6.45, 7) is 19.5. The molecule has 7 fully saturated rings. The Morgan fingerprint density at radius 1 is 0.566 bits per heavy atom. The van der Waals surface area contributed by atoms with E-state index in [1.165, 1.54) is 27.8 Å². The predicted octanol–water partition coefficient (Wildman–Crippen LogP) is -0.321. The molecule has 9 rings (SSSR count). The molecule has 16 unspecified atom stereocenters. The smallest absolute Gasteiger partial charge is 0.364 e. The number of rotatable bonds is 46. The van der Waals surface area contributed by atoms with Crippen LogP contribution in [0.25, 0.3) is 0 Å². The number of nitrogens with zero attached hydrogens (tertiary/aromatic N) is 1. The van der Waals surface area contributed by atoms with Crippen molar-refractivity contribution in [3.05, 3.63) is 71.8 Å². The fourth-order valence-corrected chi connectivity index (χ4v) is 19.6. The Hall–Kier alpha value is -4.77. The molecule has 40 nitrogen and oxygen atoms in total. The summed E-state index contributed by atoms with van der Waals surface area (Å²) >= 11 is 0. The number of aliphatic hydroxyl groups excluding tert-OH is 12. The summed E-state index contributed by atoms with van der Waals surface area (Å²) < 4.78 is 135. The minimum absolute atomic E-state index is 0.0000507. The van der Waals surface area contributed by atoms with E-state index in [9.17, 15) is 99.8 Å². The van der Waals surface area contributed by atoms with E-state index in [0.29, 0.717) is 71.6 Å². The third-order valence-electron chi connectivity index (χ3n) is 24.2. The molecule has 0 saturated carbocycles. The Morgan fingerprint density at radius 3 is 1.61 bits per heavy atom. The molecule has 724 valence electrons. The van der Waals surface area contributed by atoms with Crippen molar-refractivity contribution in [2.45, 2.75) is 335 Å². The van der Waals surface area contributed by atoms with Gasteiger partial charge in [0, 0.05) is 19.5 Å². The van der Waals surface area contributed by atoms with Gasteiger partial charge in [-0.2, -0.15) is 0 Å². The van der Waals surface area contributed by atoms with E-state index in [0.717, 1.165) is 24.6 Å². The van der Waals surface area contributed by atoms with Gasteiger partial charge in [-0.1, -0.05) is 60.7 Å². The van der Waals surface area contributed by atoms with Crippen LogP contribution in [0.4, 0.5) is 4.79 Å². The van der Waals surface area contributed by atoms with Crippen molar-refractivity contribution in [1.82, 2.24) is 4.90 Å². The average molecular weight is 1870 g/mol. The molecule has 7 saturated heterocycles. The summed E-state index contributed by atoms with van der Waals surface area (Å²) in [6.07, 6.45) is -37.2. The van der Waals surface area contributed by atoms with Crippen molar-refractivity contribution >= 4 is 74.8 Å². The fourth-order valence-electron chi connectivity index (χ4n) is 16.9. The molecule has 15 N–H and O–H groups in total. The molecule has 0 bridgehead atoms. The van der Waals surface area contributed by atoms with Crippen LogP contribution in [-0.4, -0.2) is 377 Å². The third-order valence-corrected chi connectivity index (χ3v) is 27.1. The minimum Gasteiger partial charge on any atom is -0.477 e. The number of benzene rings is 2. The number of hydrogen-bond donors (Lipinski definition) is 14. The number of carboxylic acid groups (broad SMARTS) is 1. The average Bonchev–Trinajstić information content (AvgIpc) is 1.80. The number of carbonyl (C=O) groups is 5. The first-order valence-electron chi connectivity index (χ1n) is 44.0. The van der Waals surface area contributed by atoms with Gasteiger partial charge in [0.15, 0.2) is 12.6 Å². The van der Waals surface area contributed by atoms with E-state index < -0.39 is 245 Å². The number of aliphatic hydroxyl groups is 12. The molecular formula is C83H132B4N2O38P2. The molecule has 7 heterocycles. The Labute approximate surface area is 757 Å². The summed E-state index contributed by atoms with van der Waals surface area (Å²) in [5.74, 6) is -10.2. The predicted molar refractivity (Wildman–Crippen MR) is 458 cm³/mol. The summed E-state index contributed by atoms with van der Waals surface area (Å²) in [7, 11) is 2.63. The summed E-state index contributed by atoms with van der Waals surface area (Å²) in [5, 5.41) is 134. The van der Waals surface area contributed by atoms with Gasteiger partial charge in [0.25, 0.3) is 5.79 Å². The van der Waals surface area contributed by atoms with Crippen LogP contribution >= 0.6 is 16.9 Å². The number of methoxy groups -OCH3 is 1. The zero-order valence-corrected chi connectivity index (χ0v) is 76.7. The van der Waals surface area contributed by atoms with Gasteiger partial charge in [0.2, 0.25) is 0 Å². The maximum Gasteiger partial charge on any atom is 0.364 e. The van der Waals surface area contributed by atoms with Gasteiger partial charge < -0.3 is 115 Å². The number of carbonyl (C=O) groups excluding carboxylic acids is 4. The van der Waals surface area contributed by atoms with E-state index in [-0.39, 0.29) is 73.2 Å². The van der Waals surface area contributed by atoms with Crippen LogP contribution in [0.1, 0.15) is 145 Å². The zero-order valence-electron chi connectivity index (χ0n) is 74.7. The van der Waals surface area contributed by atoms with Crippen LogP contribution in [0.3, 0.4) is 0 Å². The minimum atomic E-state index is -2.51. The van der Waals surface area contributed by atoms with E-state index in [1.807, 2.05) is 95.3 Å². The number of esters is 3. The second-order valence-corrected chi connectivity index (χ2v) is 36.8. The number of carboxylic acids is 1. The molecule has 0 spiro atoms. The summed E-state index contributed by atoms with van der Waals surface area (Å²) in [6, 6.07) is 19.2. The van der Waals surface area contributed by atoms with E-state index in [2.05, 4.69) is 6.92 Å². The molecule has 0 aliphatic carbocycles. The first-order valence-corrected chi connectivity index (χ1v) is 46.3. The molecule has 46 heteroatoms. The van der Waals surface area contributed by atoms with Gasteiger partial charge in [0.05, 0.1) is 46.2 Å². The van der Waals surface area contributed by atoms with Crippen molar-refractivity contribution in [2.75, 3.05) is 59.8 Å². The maximum absolute atomic E-state index is 14.2. The van der Waals surface area contributed by atoms with Gasteiger partial charge in [0.1, 0.15) is 86.0 Å². The van der Waals surface area contributed by atoms with Crippen molar-refractivity contribution < 1.29 is 185 Å². The van der Waals surface area contributed by atoms with E-state index in [1.54, 1.807) is 25.6 Å². The van der Waals surface area contributed by atoms with Crippen molar-refractivity contribution in [3.8, 4) is 0 Å². The van der Waals surface area contributed by atoms with Gasteiger partial charge in [-0.05, 0) is 70.0 Å². The molecule has 129 heavy (non-hydrogen) atoms. The Bertz CT molecular complexity index is 3730. The van der Waals surface area contributed by atoms with Crippen molar-refractivity contribution in [3.63, 3.8) is 0 Å². The molecule has 2 aromatic carbocycles. The quantitative estimate of drug-likeness (QED) is 0.0133. The number of unbranched alkanes of at least 4 members (excludes halogenated alkanes) is 4. The number of hydrogen-bond acceptors (Lipinski definition) is 38. The topological polar surface area (TPSA) is 578 Å². The fraction of sp³-hybridized carbons (Fsp3) is 0.795. The largest absolute Gasteiger partial charge is 0.477 e. The second kappa shape index (κ2) is 52.5. The maximum atomic E-state index is 14.2. The Kier molecular flexibility index (Phi) is 44.6. The molecule has 7 aliphatic heterocycles. The third kappa shape index (κ3) is 29.2. The van der Waals surface area contributed by atoms with Gasteiger partial charge in [-0.15, -0.1) is 0 Å². The summed E-state index contributed by atoms with van der Waals surface area (Å²) in [5.41, 5.74) is 6.52. The van der Waals surface area contributed by atoms with Gasteiger partial charge in [-0.3, -0.25) is 0 Å². The van der Waals surface area contributed by atoms with E-state index >= 15 is 0 Å². The number of nitrogens with two attached hydrogens (primary N) is 1. The van der Waals surface area contributed by atoms with Crippen LogP contribution in [0, 0.1) is 23.7 Å². The van der Waals surface area contributed by atoms with Gasteiger partial charge >= 0.3 is 330 Å². The Balaban J connectivity index is 0.000000364. The first kappa shape index (κ1) is 110. The zero-order chi connectivity index (χ0) is 94.8. The Morgan fingerprint density at radius 2 is 1.07 bits per heavy atom. The molecule has 36 atom stereocenters. The van der Waals surface area contributed by atoms with Crippen LogP contribution in [0.2, 0.25) is 0 Å². The summed E-state index contributed by atoms with van der Waals surface area (Å²) in [4.78, 5) is 67.9. The van der Waals surface area contributed by atoms with Crippen molar-refractivity contribution in [1.29, 1.82) is 0 Å². The SMILES string of the molecule is CC[C@H](C)C1O[C@H](OC2[C@H](P[B]B=O)C([C@@H](C)CC)O[C@H](O[C@@H]3C(C)C[C@](OCCCCCN(Cc4ccccc4)C(=O)OCc4ccccc4)(C(=O)OC)OC3[C@H]3COC(C)(C)O3)[C@@H]2OC(C)=O)C(OC(C)=O)C(C)[C@@H]1P[B]B=O.NCCCCCO[C@]1(C(=O)O)CC(O)[C@@H](O[C@H]2OC([C@@H](O)CO)[C@@H](O)C(O[C@H]3OC([C@@H](O)CO)[C@@H](O)C(O)C3O)[C@H]2O)C([C@H](O)CO)O1. The first-order chi connectivity index (χ1) is 61.4. The van der Waals surface area contributed by atoms with Crippen LogP contribution < -0.4 is 5.73 Å². The molecule has 2 radical (unpaired) electrons. The molecule has 2 aromatic rings.